The van der Waals surface area contributed by atoms with Gasteiger partial charge in [-0.3, -0.25) is 4.90 Å². The van der Waals surface area contributed by atoms with Crippen molar-refractivity contribution in [3.8, 4) is 0 Å². The van der Waals surface area contributed by atoms with E-state index in [4.69, 9.17) is 0 Å². The quantitative estimate of drug-likeness (QED) is 0.759. The Morgan fingerprint density at radius 1 is 1.25 bits per heavy atom. The third-order valence-electron chi connectivity index (χ3n) is 4.76. The van der Waals surface area contributed by atoms with E-state index >= 15 is 0 Å². The Hall–Kier alpha value is -0.120. The Labute approximate surface area is 99.2 Å². The highest BCUT2D eigenvalue weighted by Crippen LogP contribution is 2.32. The first-order chi connectivity index (χ1) is 7.88. The molecule has 3 nitrogen and oxygen atoms in total. The highest BCUT2D eigenvalue weighted by molar-refractivity contribution is 4.97. The molecule has 1 N–H and O–H groups in total. The van der Waals surface area contributed by atoms with Crippen molar-refractivity contribution < 1.29 is 0 Å². The van der Waals surface area contributed by atoms with E-state index in [1.54, 1.807) is 0 Å². The van der Waals surface area contributed by atoms with Gasteiger partial charge in [-0.1, -0.05) is 6.92 Å². The molecule has 0 aromatic heterocycles. The molecule has 3 heteroatoms. The van der Waals surface area contributed by atoms with Crippen molar-refractivity contribution in [1.82, 2.24) is 15.1 Å². The van der Waals surface area contributed by atoms with Gasteiger partial charge >= 0.3 is 0 Å². The third-order valence-corrected chi connectivity index (χ3v) is 4.76. The largest absolute Gasteiger partial charge is 0.314 e. The second-order valence-corrected chi connectivity index (χ2v) is 5.76. The van der Waals surface area contributed by atoms with Gasteiger partial charge in [0.15, 0.2) is 0 Å². The SMILES string of the molecule is CCCN(C1CNC1)C1CN2CCC1CC2. The van der Waals surface area contributed by atoms with Crippen LogP contribution in [0.1, 0.15) is 26.2 Å². The molecule has 0 spiro atoms. The van der Waals surface area contributed by atoms with Crippen LogP contribution in [-0.4, -0.2) is 61.2 Å². The van der Waals surface area contributed by atoms with Gasteiger partial charge in [-0.2, -0.15) is 0 Å². The van der Waals surface area contributed by atoms with Crippen molar-refractivity contribution in [1.29, 1.82) is 0 Å². The van der Waals surface area contributed by atoms with Crippen LogP contribution >= 0.6 is 0 Å². The molecule has 0 amide bonds. The van der Waals surface area contributed by atoms with Crippen molar-refractivity contribution in [2.24, 2.45) is 5.92 Å². The zero-order valence-corrected chi connectivity index (χ0v) is 10.5. The maximum absolute atomic E-state index is 3.43. The van der Waals surface area contributed by atoms with Crippen molar-refractivity contribution in [3.05, 3.63) is 0 Å². The Bertz CT molecular complexity index is 231. The van der Waals surface area contributed by atoms with E-state index in [2.05, 4.69) is 22.0 Å². The normalized spacial score (nSPS) is 39.0. The van der Waals surface area contributed by atoms with Crippen LogP contribution in [0, 0.1) is 5.92 Å². The Morgan fingerprint density at radius 3 is 2.44 bits per heavy atom. The zero-order valence-electron chi connectivity index (χ0n) is 10.5. The molecule has 4 heterocycles. The summed E-state index contributed by atoms with van der Waals surface area (Å²) in [6.07, 6.45) is 4.20. The second-order valence-electron chi connectivity index (χ2n) is 5.76. The van der Waals surface area contributed by atoms with Gasteiger partial charge in [0.05, 0.1) is 0 Å². The van der Waals surface area contributed by atoms with E-state index in [-0.39, 0.29) is 0 Å². The minimum absolute atomic E-state index is 0.838. The molecule has 0 radical (unpaired) electrons. The van der Waals surface area contributed by atoms with E-state index in [9.17, 15) is 0 Å². The first-order valence-corrected chi connectivity index (χ1v) is 7.07. The maximum Gasteiger partial charge on any atom is 0.0348 e. The zero-order chi connectivity index (χ0) is 11.0. The van der Waals surface area contributed by atoms with E-state index in [0.717, 1.165) is 18.0 Å². The lowest BCUT2D eigenvalue weighted by Gasteiger charge is -2.53. The number of hydrogen-bond donors (Lipinski definition) is 1. The minimum atomic E-state index is 0.838. The Morgan fingerprint density at radius 2 is 2.00 bits per heavy atom. The molecule has 4 fully saturated rings. The average molecular weight is 223 g/mol. The average Bonchev–Trinajstić information content (AvgIpc) is 2.27. The Kier molecular flexibility index (Phi) is 3.18. The molecule has 4 aliphatic rings. The number of piperidine rings is 3. The fourth-order valence-electron chi connectivity index (χ4n) is 3.69. The molecule has 0 saturated carbocycles. The van der Waals surface area contributed by atoms with Crippen molar-refractivity contribution in [3.63, 3.8) is 0 Å². The van der Waals surface area contributed by atoms with Crippen molar-refractivity contribution >= 4 is 0 Å². The molecule has 1 unspecified atom stereocenters. The minimum Gasteiger partial charge on any atom is -0.314 e. The molecule has 0 aromatic rings. The fraction of sp³-hybridized carbons (Fsp3) is 1.00. The van der Waals surface area contributed by atoms with Crippen molar-refractivity contribution in [2.45, 2.75) is 38.3 Å². The van der Waals surface area contributed by atoms with Crippen LogP contribution in [0.2, 0.25) is 0 Å². The number of nitrogens with one attached hydrogen (secondary N) is 1. The summed E-state index contributed by atoms with van der Waals surface area (Å²) in [5, 5.41) is 3.43. The summed E-state index contributed by atoms with van der Waals surface area (Å²) in [6, 6.07) is 1.71. The van der Waals surface area contributed by atoms with Gasteiger partial charge in [-0.25, -0.2) is 0 Å². The van der Waals surface area contributed by atoms with Crippen LogP contribution in [0.25, 0.3) is 0 Å². The van der Waals surface area contributed by atoms with Crippen LogP contribution in [-0.2, 0) is 0 Å². The summed E-state index contributed by atoms with van der Waals surface area (Å²) in [7, 11) is 0. The molecular weight excluding hydrogens is 198 g/mol. The monoisotopic (exact) mass is 223 g/mol. The molecule has 2 bridgehead atoms. The van der Waals surface area contributed by atoms with Crippen LogP contribution in [0.15, 0.2) is 0 Å². The van der Waals surface area contributed by atoms with Gasteiger partial charge in [0.25, 0.3) is 0 Å². The lowest BCUT2D eigenvalue weighted by atomic mass is 9.82. The predicted octanol–water partition coefficient (Wildman–Crippen LogP) is 0.764. The fourth-order valence-corrected chi connectivity index (χ4v) is 3.69. The molecule has 4 saturated heterocycles. The van der Waals surface area contributed by atoms with E-state index in [1.807, 2.05) is 0 Å². The molecule has 1 atom stereocenters. The number of rotatable bonds is 4. The molecule has 0 aromatic carbocycles. The predicted molar refractivity (Wildman–Crippen MR) is 66.6 cm³/mol. The van der Waals surface area contributed by atoms with Gasteiger partial charge in [0, 0.05) is 31.7 Å². The van der Waals surface area contributed by atoms with Crippen LogP contribution in [0.3, 0.4) is 0 Å². The lowest BCUT2D eigenvalue weighted by molar-refractivity contribution is -0.0249. The first kappa shape index (κ1) is 11.0. The van der Waals surface area contributed by atoms with E-state index in [0.29, 0.717) is 0 Å². The topological polar surface area (TPSA) is 18.5 Å². The van der Waals surface area contributed by atoms with Gasteiger partial charge < -0.3 is 10.2 Å². The summed E-state index contributed by atoms with van der Waals surface area (Å²) in [4.78, 5) is 5.51. The highest BCUT2D eigenvalue weighted by Gasteiger charge is 2.40. The third kappa shape index (κ3) is 1.89. The molecule has 16 heavy (non-hydrogen) atoms. The lowest BCUT2D eigenvalue weighted by Crippen LogP contribution is -2.66. The van der Waals surface area contributed by atoms with Crippen molar-refractivity contribution in [2.75, 3.05) is 39.3 Å². The number of fused-ring (bicyclic) bond motifs is 3. The van der Waals surface area contributed by atoms with Gasteiger partial charge in [0.1, 0.15) is 0 Å². The number of hydrogen-bond acceptors (Lipinski definition) is 3. The van der Waals surface area contributed by atoms with E-state index < -0.39 is 0 Å². The number of nitrogens with zero attached hydrogens (tertiary/aromatic N) is 2. The molecular formula is C13H25N3. The standard InChI is InChI=1S/C13H25N3/c1-2-5-16(12-8-14-9-12)13-10-15-6-3-11(13)4-7-15/h11-14H,2-10H2,1H3. The summed E-state index contributed by atoms with van der Waals surface area (Å²) in [5.41, 5.74) is 0. The van der Waals surface area contributed by atoms with Gasteiger partial charge in [0.2, 0.25) is 0 Å². The smallest absolute Gasteiger partial charge is 0.0348 e. The van der Waals surface area contributed by atoms with Crippen LogP contribution < -0.4 is 5.32 Å². The maximum atomic E-state index is 3.43. The molecule has 4 aliphatic heterocycles. The highest BCUT2D eigenvalue weighted by atomic mass is 15.3. The summed E-state index contributed by atoms with van der Waals surface area (Å²) < 4.78 is 0. The van der Waals surface area contributed by atoms with E-state index in [1.165, 1.54) is 58.5 Å². The summed E-state index contributed by atoms with van der Waals surface area (Å²) in [5.74, 6) is 0.997. The summed E-state index contributed by atoms with van der Waals surface area (Å²) in [6.45, 7) is 10.2. The van der Waals surface area contributed by atoms with Crippen LogP contribution in [0.5, 0.6) is 0 Å². The summed E-state index contributed by atoms with van der Waals surface area (Å²) >= 11 is 0. The first-order valence-electron chi connectivity index (χ1n) is 7.07. The van der Waals surface area contributed by atoms with Gasteiger partial charge in [-0.15, -0.1) is 0 Å². The van der Waals surface area contributed by atoms with Gasteiger partial charge in [-0.05, 0) is 44.8 Å². The molecule has 0 aliphatic carbocycles. The molecule has 4 rings (SSSR count). The molecule has 92 valence electrons. The Balaban J connectivity index is 1.68. The van der Waals surface area contributed by atoms with Crippen LogP contribution in [0.4, 0.5) is 0 Å². The second kappa shape index (κ2) is 4.63.